The second-order valence-electron chi connectivity index (χ2n) is 10.7. The van der Waals surface area contributed by atoms with Crippen LogP contribution in [0.5, 0.6) is 0 Å². The number of alkyl halides is 1. The maximum Gasteiger partial charge on any atom is 0.338 e. The lowest BCUT2D eigenvalue weighted by Gasteiger charge is -2.54. The zero-order valence-electron chi connectivity index (χ0n) is 24.6. The summed E-state index contributed by atoms with van der Waals surface area (Å²) in [6.45, 7) is 2.57. The van der Waals surface area contributed by atoms with E-state index in [-0.39, 0.29) is 5.97 Å². The van der Waals surface area contributed by atoms with Gasteiger partial charge in [-0.25, -0.2) is 12.1 Å². The van der Waals surface area contributed by atoms with Crippen LogP contribution >= 0.6 is 68.3 Å². The average molecular weight is 688 g/mol. The minimum Gasteiger partial charge on any atom is -0.462 e. The Morgan fingerprint density at radius 2 is 1.14 bits per heavy atom. The van der Waals surface area contributed by atoms with E-state index >= 15 is 0 Å². The van der Waals surface area contributed by atoms with Crippen LogP contribution < -0.4 is 0 Å². The molecule has 1 rings (SSSR count). The lowest BCUT2D eigenvalue weighted by Crippen LogP contribution is -2.18. The first-order valence-electron chi connectivity index (χ1n) is 12.1. The van der Waals surface area contributed by atoms with Crippen LogP contribution in [0.25, 0.3) is 0 Å². The van der Waals surface area contributed by atoms with Gasteiger partial charge in [0.2, 0.25) is 0 Å². The maximum absolute atomic E-state index is 12.3. The Balaban J connectivity index is 2.58. The van der Waals surface area contributed by atoms with Crippen LogP contribution in [0, 0.1) is 0 Å². The first-order chi connectivity index (χ1) is 16.8. The molecule has 12 heteroatoms. The number of ether oxygens (including phenoxy) is 1. The van der Waals surface area contributed by atoms with E-state index in [4.69, 9.17) is 19.3 Å². The Labute approximate surface area is 244 Å². The standard InChI is InChI=1S/C25H51BrO6S5/c1-12-13-20-33(2,3)29-35(6,7)31-37(10,11)32-36(8,9)30-34(4,5)21-14-19-28-25(27)24-17-15-23(22-26)16-18-24/h15-18H,12-14,19-22H2,1-11H3. The summed E-state index contributed by atoms with van der Waals surface area (Å²) in [6, 6.07) is 7.45. The summed E-state index contributed by atoms with van der Waals surface area (Å²) < 4.78 is 31.6. The molecule has 0 aliphatic heterocycles. The van der Waals surface area contributed by atoms with E-state index in [9.17, 15) is 4.79 Å². The van der Waals surface area contributed by atoms with E-state index in [1.54, 1.807) is 12.1 Å². The smallest absolute Gasteiger partial charge is 0.338 e. The average Bonchev–Trinajstić information content (AvgIpc) is 2.71. The Bertz CT molecular complexity index is 846. The van der Waals surface area contributed by atoms with Gasteiger partial charge in [-0.15, -0.1) is 20.6 Å². The van der Waals surface area contributed by atoms with Gasteiger partial charge in [-0.3, -0.25) is 0 Å². The molecule has 0 amide bonds. The van der Waals surface area contributed by atoms with Gasteiger partial charge in [-0.05, 0) is 55.6 Å². The summed E-state index contributed by atoms with van der Waals surface area (Å²) in [4.78, 5) is 12.3. The van der Waals surface area contributed by atoms with Crippen LogP contribution in [0.1, 0.15) is 42.1 Å². The quantitative estimate of drug-likeness (QED) is 0.0929. The molecule has 0 aliphatic rings. The summed E-state index contributed by atoms with van der Waals surface area (Å²) in [7, 11) is -8.01. The van der Waals surface area contributed by atoms with Crippen molar-refractivity contribution >= 4 is 74.3 Å². The third kappa shape index (κ3) is 15.4. The number of hydrogen-bond donors (Lipinski definition) is 0. The lowest BCUT2D eigenvalue weighted by atomic mass is 10.1. The highest BCUT2D eigenvalue weighted by Crippen LogP contribution is 2.71. The summed E-state index contributed by atoms with van der Waals surface area (Å²) in [6.07, 6.45) is 23.9. The van der Waals surface area contributed by atoms with Crippen LogP contribution in [0.4, 0.5) is 0 Å². The van der Waals surface area contributed by atoms with E-state index in [0.717, 1.165) is 41.7 Å². The predicted molar refractivity (Wildman–Crippen MR) is 180 cm³/mol. The Hall–Kier alpha value is 0.760. The second-order valence-corrected chi connectivity index (χ2v) is 26.8. The fourth-order valence-electron chi connectivity index (χ4n) is 3.66. The number of carbonyl (C=O) groups is 1. The lowest BCUT2D eigenvalue weighted by molar-refractivity contribution is 0.0505. The molecule has 0 aromatic heterocycles. The summed E-state index contributed by atoms with van der Waals surface area (Å²) in [5.74, 6) is 1.60. The fourth-order valence-corrected chi connectivity index (χ4v) is 20.7. The molecule has 1 aromatic rings. The van der Waals surface area contributed by atoms with Gasteiger partial charge in [-0.2, -0.15) is 39.0 Å². The largest absolute Gasteiger partial charge is 0.462 e. The molecule has 0 bridgehead atoms. The molecule has 224 valence electrons. The van der Waals surface area contributed by atoms with Gasteiger partial charge in [0, 0.05) is 54.4 Å². The van der Waals surface area contributed by atoms with Crippen molar-refractivity contribution in [2.24, 2.45) is 0 Å². The molecule has 0 unspecified atom stereocenters. The number of benzene rings is 1. The van der Waals surface area contributed by atoms with E-state index in [1.807, 2.05) is 37.2 Å². The number of halogens is 1. The zero-order chi connectivity index (χ0) is 28.5. The minimum absolute atomic E-state index is 0.293. The van der Waals surface area contributed by atoms with E-state index in [1.165, 1.54) is 0 Å². The van der Waals surface area contributed by atoms with Crippen molar-refractivity contribution in [2.45, 2.75) is 31.5 Å². The van der Waals surface area contributed by atoms with Crippen molar-refractivity contribution in [1.82, 2.24) is 0 Å². The monoisotopic (exact) mass is 686 g/mol. The van der Waals surface area contributed by atoms with Crippen molar-refractivity contribution in [3.8, 4) is 0 Å². The number of unbranched alkanes of at least 4 members (excludes halogenated alkanes) is 1. The van der Waals surface area contributed by atoms with Gasteiger partial charge in [0.25, 0.3) is 0 Å². The van der Waals surface area contributed by atoms with Gasteiger partial charge < -0.3 is 4.74 Å². The van der Waals surface area contributed by atoms with E-state index in [2.05, 4.69) is 60.4 Å². The summed E-state index contributed by atoms with van der Waals surface area (Å²) in [5.41, 5.74) is 1.69. The molecule has 0 atom stereocenters. The van der Waals surface area contributed by atoms with Gasteiger partial charge in [-0.1, -0.05) is 41.4 Å². The van der Waals surface area contributed by atoms with Crippen LogP contribution in [0.3, 0.4) is 0 Å². The summed E-state index contributed by atoms with van der Waals surface area (Å²) >= 11 is 3.41. The highest BCUT2D eigenvalue weighted by molar-refractivity contribution is 9.08. The van der Waals surface area contributed by atoms with Crippen LogP contribution in [-0.2, 0) is 24.6 Å². The van der Waals surface area contributed by atoms with Crippen molar-refractivity contribution in [3.05, 3.63) is 35.4 Å². The minimum atomic E-state index is -1.86. The Morgan fingerprint density at radius 3 is 1.57 bits per heavy atom. The molecule has 0 radical (unpaired) electrons. The molecular formula is C25H51BrO6S5. The summed E-state index contributed by atoms with van der Waals surface area (Å²) in [5, 5.41) is 0.762. The van der Waals surface area contributed by atoms with Gasteiger partial charge in [0.1, 0.15) is 0 Å². The first kappa shape index (κ1) is 35.8. The second kappa shape index (κ2) is 15.1. The fraction of sp³-hybridized carbons (Fsp3) is 0.720. The van der Waals surface area contributed by atoms with Crippen LogP contribution in [-0.4, -0.2) is 86.6 Å². The third-order valence-corrected chi connectivity index (χ3v) is 18.7. The van der Waals surface area contributed by atoms with Gasteiger partial charge >= 0.3 is 5.97 Å². The first-order valence-corrected chi connectivity index (χ1v) is 25.2. The Morgan fingerprint density at radius 1 is 0.703 bits per heavy atom. The highest BCUT2D eigenvalue weighted by Gasteiger charge is 2.30. The van der Waals surface area contributed by atoms with E-state index < -0.39 is 52.4 Å². The number of carbonyl (C=O) groups excluding carboxylic acids is 1. The molecule has 6 nitrogen and oxygen atoms in total. The Kier molecular flexibility index (Phi) is 14.6. The predicted octanol–water partition coefficient (Wildman–Crippen LogP) is 8.64. The highest BCUT2D eigenvalue weighted by atomic mass is 79.9. The van der Waals surface area contributed by atoms with Crippen molar-refractivity contribution in [3.63, 3.8) is 0 Å². The molecule has 37 heavy (non-hydrogen) atoms. The zero-order valence-corrected chi connectivity index (χ0v) is 30.3. The molecule has 0 heterocycles. The molecule has 0 aliphatic carbocycles. The van der Waals surface area contributed by atoms with Gasteiger partial charge in [0.05, 0.1) is 12.2 Å². The molecule has 0 fully saturated rings. The molecule has 1 aromatic carbocycles. The van der Waals surface area contributed by atoms with Crippen molar-refractivity contribution in [1.29, 1.82) is 0 Å². The topological polar surface area (TPSA) is 63.2 Å². The number of hydrogen-bond acceptors (Lipinski definition) is 6. The SMILES string of the molecule is CCCCS(C)(C)OS(C)(C)OS(C)(C)OS(C)(C)OS(C)(C)CCCOC(=O)c1ccc(CBr)cc1. The number of rotatable bonds is 17. The van der Waals surface area contributed by atoms with Crippen molar-refractivity contribution in [2.75, 3.05) is 80.7 Å². The molecule has 0 saturated heterocycles. The van der Waals surface area contributed by atoms with Crippen LogP contribution in [0.15, 0.2) is 24.3 Å². The van der Waals surface area contributed by atoms with E-state index in [0.29, 0.717) is 12.2 Å². The van der Waals surface area contributed by atoms with Crippen molar-refractivity contribution < 1.29 is 24.0 Å². The third-order valence-electron chi connectivity index (χ3n) is 4.70. The molecule has 0 N–H and O–H groups in total. The molecule has 0 spiro atoms. The normalized spacial score (nSPS) is 15.8. The van der Waals surface area contributed by atoms with Crippen LogP contribution in [0.2, 0.25) is 0 Å². The molecular weight excluding hydrogens is 637 g/mol. The molecule has 0 saturated carbocycles. The van der Waals surface area contributed by atoms with Gasteiger partial charge in [0.15, 0.2) is 0 Å². The number of esters is 1. The maximum atomic E-state index is 12.3.